The van der Waals surface area contributed by atoms with E-state index in [2.05, 4.69) is 48.6 Å². The molecule has 3 rings (SSSR count). The van der Waals surface area contributed by atoms with Crippen LogP contribution in [-0.2, 0) is 13.1 Å². The topological polar surface area (TPSA) is 59.6 Å². The number of carbonyl (C=O) groups is 1. The Bertz CT molecular complexity index is 897. The summed E-state index contributed by atoms with van der Waals surface area (Å²) in [5.74, 6) is 0.350. The molecule has 0 unspecified atom stereocenters. The van der Waals surface area contributed by atoms with E-state index >= 15 is 0 Å². The number of amides is 1. The lowest BCUT2D eigenvalue weighted by atomic mass is 10.1. The lowest BCUT2D eigenvalue weighted by Crippen LogP contribution is -3.10. The van der Waals surface area contributed by atoms with Crippen LogP contribution in [0.25, 0.3) is 11.3 Å². The van der Waals surface area contributed by atoms with Gasteiger partial charge in [0.25, 0.3) is 5.91 Å². The molecule has 5 nitrogen and oxygen atoms in total. The molecule has 3 aromatic rings. The third-order valence-electron chi connectivity index (χ3n) is 5.07. The van der Waals surface area contributed by atoms with Crippen LogP contribution in [0.3, 0.4) is 0 Å². The van der Waals surface area contributed by atoms with E-state index in [-0.39, 0.29) is 5.91 Å². The molecule has 0 saturated heterocycles. The highest BCUT2D eigenvalue weighted by atomic mass is 16.5. The van der Waals surface area contributed by atoms with Gasteiger partial charge < -0.3 is 14.7 Å². The third kappa shape index (κ3) is 4.67. The number of nitrogens with zero attached hydrogens (tertiary/aromatic N) is 1. The fourth-order valence-corrected chi connectivity index (χ4v) is 3.27. The lowest BCUT2D eigenvalue weighted by molar-refractivity contribution is -0.910. The Labute approximate surface area is 166 Å². The van der Waals surface area contributed by atoms with E-state index in [1.165, 1.54) is 5.56 Å². The fourth-order valence-electron chi connectivity index (χ4n) is 3.27. The first-order valence-corrected chi connectivity index (χ1v) is 9.83. The minimum absolute atomic E-state index is 0.172. The average molecular weight is 378 g/mol. The first-order chi connectivity index (χ1) is 13.6. The van der Waals surface area contributed by atoms with Crippen molar-refractivity contribution in [3.63, 3.8) is 0 Å². The monoisotopic (exact) mass is 378 g/mol. The number of carbonyl (C=O) groups excluding carboxylic acids is 1. The molecule has 2 N–H and O–H groups in total. The van der Waals surface area contributed by atoms with Crippen LogP contribution in [0.2, 0.25) is 0 Å². The Hall–Kier alpha value is -2.92. The summed E-state index contributed by atoms with van der Waals surface area (Å²) in [6.07, 6.45) is 0. The summed E-state index contributed by atoms with van der Waals surface area (Å²) >= 11 is 0. The number of aromatic nitrogens is 1. The predicted octanol–water partition coefficient (Wildman–Crippen LogP) is 3.00. The maximum absolute atomic E-state index is 12.8. The van der Waals surface area contributed by atoms with Crippen LogP contribution in [-0.4, -0.2) is 24.2 Å². The minimum Gasteiger partial charge on any atom is -0.360 e. The molecule has 0 bridgehead atoms. The second-order valence-corrected chi connectivity index (χ2v) is 6.96. The van der Waals surface area contributed by atoms with Gasteiger partial charge in [0.15, 0.2) is 0 Å². The van der Waals surface area contributed by atoms with Crippen molar-refractivity contribution in [3.05, 3.63) is 77.0 Å². The molecule has 0 fully saturated rings. The quantitative estimate of drug-likeness (QED) is 0.633. The highest BCUT2D eigenvalue weighted by Gasteiger charge is 2.21. The van der Waals surface area contributed by atoms with Gasteiger partial charge in [0.2, 0.25) is 0 Å². The molecule has 0 atom stereocenters. The number of quaternary nitrogens is 1. The van der Waals surface area contributed by atoms with Crippen molar-refractivity contribution in [2.24, 2.45) is 0 Å². The zero-order valence-corrected chi connectivity index (χ0v) is 16.8. The van der Waals surface area contributed by atoms with Gasteiger partial charge in [-0.3, -0.25) is 4.79 Å². The van der Waals surface area contributed by atoms with Crippen LogP contribution in [0.15, 0.2) is 59.1 Å². The highest BCUT2D eigenvalue weighted by molar-refractivity contribution is 6.00. The summed E-state index contributed by atoms with van der Waals surface area (Å²) in [5.41, 5.74) is 4.32. The molecule has 1 aromatic heterocycles. The fraction of sp³-hybridized carbons (Fsp3) is 0.304. The molecule has 0 saturated carbocycles. The minimum atomic E-state index is -0.172. The molecular weight excluding hydrogens is 350 g/mol. The number of hydrogen-bond donors (Lipinski definition) is 2. The standard InChI is InChI=1S/C23H27N3O2/c1-4-26(5-2)16-19-13-11-18(12-14-19)15-24-23(27)21-17(3)28-25-22(21)20-9-7-6-8-10-20/h6-14H,4-5,15-16H2,1-3H3,(H,24,27)/p+1. The van der Waals surface area contributed by atoms with E-state index in [1.807, 2.05) is 30.3 Å². The van der Waals surface area contributed by atoms with Gasteiger partial charge in [-0.15, -0.1) is 0 Å². The number of hydrogen-bond acceptors (Lipinski definition) is 3. The van der Waals surface area contributed by atoms with E-state index in [0.29, 0.717) is 23.6 Å². The number of aryl methyl sites for hydroxylation is 1. The van der Waals surface area contributed by atoms with Crippen LogP contribution < -0.4 is 10.2 Å². The molecule has 2 aromatic carbocycles. The third-order valence-corrected chi connectivity index (χ3v) is 5.07. The normalized spacial score (nSPS) is 11.0. The van der Waals surface area contributed by atoms with Crippen molar-refractivity contribution >= 4 is 5.91 Å². The van der Waals surface area contributed by atoms with Crippen molar-refractivity contribution in [1.82, 2.24) is 10.5 Å². The molecule has 146 valence electrons. The van der Waals surface area contributed by atoms with Crippen LogP contribution in [0, 0.1) is 6.92 Å². The highest BCUT2D eigenvalue weighted by Crippen LogP contribution is 2.24. The molecule has 0 spiro atoms. The summed E-state index contributed by atoms with van der Waals surface area (Å²) in [4.78, 5) is 14.3. The molecule has 28 heavy (non-hydrogen) atoms. The average Bonchev–Trinajstić information content (AvgIpc) is 3.13. The molecular formula is C23H28N3O2+. The number of benzene rings is 2. The second kappa shape index (κ2) is 9.33. The Balaban J connectivity index is 1.66. The summed E-state index contributed by atoms with van der Waals surface area (Å²) in [7, 11) is 0. The van der Waals surface area contributed by atoms with E-state index in [4.69, 9.17) is 4.52 Å². The van der Waals surface area contributed by atoms with Crippen molar-refractivity contribution in [2.75, 3.05) is 13.1 Å². The Morgan fingerprint density at radius 3 is 2.29 bits per heavy atom. The van der Waals surface area contributed by atoms with Gasteiger partial charge in [0, 0.05) is 17.7 Å². The largest absolute Gasteiger partial charge is 0.360 e. The van der Waals surface area contributed by atoms with E-state index in [1.54, 1.807) is 11.8 Å². The summed E-state index contributed by atoms with van der Waals surface area (Å²) < 4.78 is 5.28. The van der Waals surface area contributed by atoms with Crippen molar-refractivity contribution in [2.45, 2.75) is 33.9 Å². The SMILES string of the molecule is CC[NH+](CC)Cc1ccc(CNC(=O)c2c(-c3ccccc3)noc2C)cc1. The van der Waals surface area contributed by atoms with Gasteiger partial charge in [-0.25, -0.2) is 0 Å². The Morgan fingerprint density at radius 2 is 1.64 bits per heavy atom. The molecule has 0 radical (unpaired) electrons. The maximum Gasteiger partial charge on any atom is 0.257 e. The van der Waals surface area contributed by atoms with Crippen molar-refractivity contribution < 1.29 is 14.2 Å². The number of rotatable bonds is 8. The van der Waals surface area contributed by atoms with Crippen LogP contribution >= 0.6 is 0 Å². The first kappa shape index (κ1) is 19.8. The first-order valence-electron chi connectivity index (χ1n) is 9.83. The van der Waals surface area contributed by atoms with Gasteiger partial charge in [0.05, 0.1) is 13.1 Å². The van der Waals surface area contributed by atoms with Crippen LogP contribution in [0.4, 0.5) is 0 Å². The van der Waals surface area contributed by atoms with Gasteiger partial charge in [-0.2, -0.15) is 0 Å². The molecule has 5 heteroatoms. The Kier molecular flexibility index (Phi) is 6.61. The summed E-state index contributed by atoms with van der Waals surface area (Å²) in [6, 6.07) is 18.1. The molecule has 0 aliphatic heterocycles. The van der Waals surface area contributed by atoms with Gasteiger partial charge in [-0.05, 0) is 26.3 Å². The van der Waals surface area contributed by atoms with Crippen molar-refractivity contribution in [3.8, 4) is 11.3 Å². The molecule has 1 heterocycles. The summed E-state index contributed by atoms with van der Waals surface area (Å²) in [5, 5.41) is 7.07. The van der Waals surface area contributed by atoms with Gasteiger partial charge in [0.1, 0.15) is 23.6 Å². The van der Waals surface area contributed by atoms with E-state index < -0.39 is 0 Å². The van der Waals surface area contributed by atoms with Gasteiger partial charge in [-0.1, -0.05) is 59.8 Å². The van der Waals surface area contributed by atoms with Crippen molar-refractivity contribution in [1.29, 1.82) is 0 Å². The van der Waals surface area contributed by atoms with E-state index in [0.717, 1.165) is 30.8 Å². The Morgan fingerprint density at radius 1 is 1.00 bits per heavy atom. The van der Waals surface area contributed by atoms with Crippen LogP contribution in [0.5, 0.6) is 0 Å². The molecule has 1 amide bonds. The summed E-state index contributed by atoms with van der Waals surface area (Å²) in [6.45, 7) is 9.92. The van der Waals surface area contributed by atoms with E-state index in [9.17, 15) is 4.79 Å². The van der Waals surface area contributed by atoms with Crippen LogP contribution in [0.1, 0.15) is 41.1 Å². The molecule has 0 aliphatic carbocycles. The lowest BCUT2D eigenvalue weighted by Gasteiger charge is -2.15. The maximum atomic E-state index is 12.8. The smallest absolute Gasteiger partial charge is 0.257 e. The zero-order chi connectivity index (χ0) is 19.9. The zero-order valence-electron chi connectivity index (χ0n) is 16.8. The number of nitrogens with one attached hydrogen (secondary N) is 2. The van der Waals surface area contributed by atoms with Gasteiger partial charge >= 0.3 is 0 Å². The second-order valence-electron chi connectivity index (χ2n) is 6.96. The predicted molar refractivity (Wildman–Crippen MR) is 110 cm³/mol. The molecule has 0 aliphatic rings.